The van der Waals surface area contributed by atoms with Gasteiger partial charge in [0.05, 0.1) is 6.04 Å². The fraction of sp³-hybridized carbons (Fsp3) is 0.308. The van der Waals surface area contributed by atoms with Crippen LogP contribution in [0, 0.1) is 0 Å². The summed E-state index contributed by atoms with van der Waals surface area (Å²) in [5, 5.41) is 7.33. The first-order valence-corrected chi connectivity index (χ1v) is 5.91. The molecular formula is C13H15N3O. The molecule has 1 aromatic heterocycles. The Kier molecular flexibility index (Phi) is 2.57. The molecule has 88 valence electrons. The van der Waals surface area contributed by atoms with Crippen LogP contribution in [0.5, 0.6) is 0 Å². The molecule has 1 fully saturated rings. The number of carbonyl (C=O) groups excluding carboxylic acids is 1. The minimum atomic E-state index is -0.108. The average Bonchev–Trinajstić information content (AvgIpc) is 2.76. The van der Waals surface area contributed by atoms with Crippen LogP contribution >= 0.6 is 0 Å². The van der Waals surface area contributed by atoms with E-state index in [2.05, 4.69) is 21.7 Å². The van der Waals surface area contributed by atoms with Crippen LogP contribution in [0.3, 0.4) is 0 Å². The van der Waals surface area contributed by atoms with Crippen LogP contribution in [0.2, 0.25) is 0 Å². The zero-order valence-corrected chi connectivity index (χ0v) is 9.49. The van der Waals surface area contributed by atoms with Crippen LogP contribution in [0.4, 0.5) is 0 Å². The molecule has 3 rings (SSSR count). The predicted octanol–water partition coefficient (Wildman–Crippen LogP) is 0.798. The van der Waals surface area contributed by atoms with Gasteiger partial charge in [0.2, 0.25) is 5.91 Å². The zero-order valence-electron chi connectivity index (χ0n) is 9.49. The maximum Gasteiger partial charge on any atom is 0.237 e. The van der Waals surface area contributed by atoms with Crippen molar-refractivity contribution in [2.45, 2.75) is 12.5 Å². The normalized spacial score (nSPS) is 20.5. The van der Waals surface area contributed by atoms with Gasteiger partial charge in [0, 0.05) is 30.2 Å². The Morgan fingerprint density at radius 2 is 2.12 bits per heavy atom. The lowest BCUT2D eigenvalue weighted by atomic mass is 10.0. The monoisotopic (exact) mass is 229 g/mol. The van der Waals surface area contributed by atoms with E-state index in [0.29, 0.717) is 0 Å². The molecule has 1 saturated heterocycles. The predicted molar refractivity (Wildman–Crippen MR) is 66.8 cm³/mol. The van der Waals surface area contributed by atoms with Crippen molar-refractivity contribution in [3.8, 4) is 0 Å². The van der Waals surface area contributed by atoms with E-state index in [4.69, 9.17) is 0 Å². The topological polar surface area (TPSA) is 56.9 Å². The summed E-state index contributed by atoms with van der Waals surface area (Å²) in [6.45, 7) is 1.57. The van der Waals surface area contributed by atoms with Gasteiger partial charge in [-0.05, 0) is 18.1 Å². The first-order valence-electron chi connectivity index (χ1n) is 5.91. The third-order valence-electron chi connectivity index (χ3n) is 3.23. The zero-order chi connectivity index (χ0) is 11.7. The summed E-state index contributed by atoms with van der Waals surface area (Å²) in [5.41, 5.74) is 2.31. The molecule has 0 spiro atoms. The highest BCUT2D eigenvalue weighted by molar-refractivity contribution is 5.86. The molecule has 1 aromatic carbocycles. The summed E-state index contributed by atoms with van der Waals surface area (Å²) < 4.78 is 0. The summed E-state index contributed by atoms with van der Waals surface area (Å²) in [5.74, 6) is 0.0986. The van der Waals surface area contributed by atoms with E-state index in [0.717, 1.165) is 25.0 Å². The number of aromatic amines is 1. The third-order valence-corrected chi connectivity index (χ3v) is 3.23. The van der Waals surface area contributed by atoms with Crippen molar-refractivity contribution in [2.75, 3.05) is 13.1 Å². The Bertz CT molecular complexity index is 546. The van der Waals surface area contributed by atoms with Gasteiger partial charge in [-0.3, -0.25) is 4.79 Å². The molecular weight excluding hydrogens is 214 g/mol. The van der Waals surface area contributed by atoms with Gasteiger partial charge in [-0.25, -0.2) is 0 Å². The Labute approximate surface area is 99.4 Å². The minimum absolute atomic E-state index is 0.0986. The second-order valence-corrected chi connectivity index (χ2v) is 4.36. The number of para-hydroxylation sites is 1. The van der Waals surface area contributed by atoms with Crippen molar-refractivity contribution in [2.24, 2.45) is 0 Å². The fourth-order valence-electron chi connectivity index (χ4n) is 2.33. The first kappa shape index (κ1) is 10.4. The average molecular weight is 229 g/mol. The van der Waals surface area contributed by atoms with Gasteiger partial charge < -0.3 is 15.6 Å². The highest BCUT2D eigenvalue weighted by Gasteiger charge is 2.22. The summed E-state index contributed by atoms with van der Waals surface area (Å²) in [6, 6.07) is 8.06. The van der Waals surface area contributed by atoms with Gasteiger partial charge in [-0.2, -0.15) is 0 Å². The number of rotatable bonds is 2. The Balaban J connectivity index is 1.87. The third kappa shape index (κ3) is 1.91. The highest BCUT2D eigenvalue weighted by atomic mass is 16.2. The van der Waals surface area contributed by atoms with Gasteiger partial charge in [-0.15, -0.1) is 0 Å². The Morgan fingerprint density at radius 3 is 3.00 bits per heavy atom. The molecule has 3 N–H and O–H groups in total. The van der Waals surface area contributed by atoms with Crippen LogP contribution in [-0.2, 0) is 11.2 Å². The number of hydrogen-bond donors (Lipinski definition) is 3. The van der Waals surface area contributed by atoms with Crippen molar-refractivity contribution in [3.63, 3.8) is 0 Å². The number of aromatic nitrogens is 1. The van der Waals surface area contributed by atoms with Crippen LogP contribution in [0.15, 0.2) is 30.5 Å². The van der Waals surface area contributed by atoms with E-state index in [1.807, 2.05) is 24.4 Å². The SMILES string of the molecule is O=C1NCCN[C@@H]1Cc1c[nH]c2ccccc12. The van der Waals surface area contributed by atoms with Crippen molar-refractivity contribution in [1.29, 1.82) is 0 Å². The van der Waals surface area contributed by atoms with Crippen LogP contribution in [0.1, 0.15) is 5.56 Å². The molecule has 1 atom stereocenters. The summed E-state index contributed by atoms with van der Waals surface area (Å²) in [4.78, 5) is 14.9. The smallest absolute Gasteiger partial charge is 0.237 e. The molecule has 1 amide bonds. The van der Waals surface area contributed by atoms with Gasteiger partial charge >= 0.3 is 0 Å². The molecule has 4 heteroatoms. The molecule has 0 unspecified atom stereocenters. The van der Waals surface area contributed by atoms with Crippen molar-refractivity contribution >= 4 is 16.8 Å². The summed E-state index contributed by atoms with van der Waals surface area (Å²) in [6.07, 6.45) is 2.73. The van der Waals surface area contributed by atoms with Crippen LogP contribution < -0.4 is 10.6 Å². The molecule has 1 aliphatic rings. The van der Waals surface area contributed by atoms with Crippen molar-refractivity contribution < 1.29 is 4.79 Å². The van der Waals surface area contributed by atoms with Crippen molar-refractivity contribution in [3.05, 3.63) is 36.0 Å². The van der Waals surface area contributed by atoms with Gasteiger partial charge in [0.15, 0.2) is 0 Å². The van der Waals surface area contributed by atoms with Crippen molar-refractivity contribution in [1.82, 2.24) is 15.6 Å². The fourth-order valence-corrected chi connectivity index (χ4v) is 2.33. The van der Waals surface area contributed by atoms with E-state index in [1.54, 1.807) is 0 Å². The highest BCUT2D eigenvalue weighted by Crippen LogP contribution is 2.19. The number of carbonyl (C=O) groups is 1. The molecule has 17 heavy (non-hydrogen) atoms. The number of amides is 1. The van der Waals surface area contributed by atoms with E-state index in [9.17, 15) is 4.79 Å². The molecule has 2 heterocycles. The number of nitrogens with one attached hydrogen (secondary N) is 3. The largest absolute Gasteiger partial charge is 0.361 e. The standard InChI is InChI=1S/C13H15N3O/c17-13-12(14-5-6-15-13)7-9-8-16-11-4-2-1-3-10(9)11/h1-4,8,12,14,16H,5-7H2,(H,15,17)/t12-/m1/s1. The lowest BCUT2D eigenvalue weighted by molar-refractivity contribution is -0.124. The quantitative estimate of drug-likeness (QED) is 0.713. The van der Waals surface area contributed by atoms with Crippen LogP contribution in [0.25, 0.3) is 10.9 Å². The van der Waals surface area contributed by atoms with E-state index < -0.39 is 0 Å². The van der Waals surface area contributed by atoms with E-state index >= 15 is 0 Å². The van der Waals surface area contributed by atoms with E-state index in [1.165, 1.54) is 10.9 Å². The first-order chi connectivity index (χ1) is 8.34. The molecule has 0 bridgehead atoms. The molecule has 0 radical (unpaired) electrons. The summed E-state index contributed by atoms with van der Waals surface area (Å²) in [7, 11) is 0. The Hall–Kier alpha value is -1.81. The second-order valence-electron chi connectivity index (χ2n) is 4.36. The maximum atomic E-state index is 11.7. The second kappa shape index (κ2) is 4.22. The van der Waals surface area contributed by atoms with Gasteiger partial charge in [0.25, 0.3) is 0 Å². The lowest BCUT2D eigenvalue weighted by Gasteiger charge is -2.23. The number of piperazine rings is 1. The summed E-state index contributed by atoms with van der Waals surface area (Å²) >= 11 is 0. The van der Waals surface area contributed by atoms with E-state index in [-0.39, 0.29) is 11.9 Å². The minimum Gasteiger partial charge on any atom is -0.361 e. The van der Waals surface area contributed by atoms with Gasteiger partial charge in [-0.1, -0.05) is 18.2 Å². The van der Waals surface area contributed by atoms with Gasteiger partial charge in [0.1, 0.15) is 0 Å². The lowest BCUT2D eigenvalue weighted by Crippen LogP contribution is -2.53. The number of hydrogen-bond acceptors (Lipinski definition) is 2. The molecule has 4 nitrogen and oxygen atoms in total. The number of benzene rings is 1. The number of fused-ring (bicyclic) bond motifs is 1. The molecule has 0 saturated carbocycles. The molecule has 1 aliphatic heterocycles. The number of H-pyrrole nitrogens is 1. The van der Waals surface area contributed by atoms with Crippen LogP contribution in [-0.4, -0.2) is 30.0 Å². The molecule has 0 aliphatic carbocycles. The maximum absolute atomic E-state index is 11.7. The Morgan fingerprint density at radius 1 is 1.24 bits per heavy atom. The molecule has 2 aromatic rings.